The fourth-order valence-electron chi connectivity index (χ4n) is 2.79. The van der Waals surface area contributed by atoms with E-state index >= 15 is 0 Å². The zero-order valence-electron chi connectivity index (χ0n) is 12.6. The molecule has 0 saturated carbocycles. The van der Waals surface area contributed by atoms with Gasteiger partial charge >= 0.3 is 6.18 Å². The molecule has 4 rings (SSSR count). The van der Waals surface area contributed by atoms with E-state index in [9.17, 15) is 18.0 Å². The fourth-order valence-corrected chi connectivity index (χ4v) is 2.79. The number of H-pyrrole nitrogens is 1. The first-order chi connectivity index (χ1) is 11.9. The number of halogens is 3. The summed E-state index contributed by atoms with van der Waals surface area (Å²) in [6.07, 6.45) is 1.25. The van der Waals surface area contributed by atoms with Crippen molar-refractivity contribution in [3.05, 3.63) is 53.3 Å². The Morgan fingerprint density at radius 3 is 2.60 bits per heavy atom. The molecule has 4 heterocycles. The molecule has 0 aliphatic carbocycles. The standard InChI is InChI=1S/C16H10F3N5O/c17-16(18,19)8-24-13-5-12(9-1-3-20-4-2-9)21-6-10(13)14-11(15(24)25)7-22-23-14/h1-7H,8H2,(H,22,23). The lowest BCUT2D eigenvalue weighted by atomic mass is 10.1. The van der Waals surface area contributed by atoms with Crippen LogP contribution in [0, 0.1) is 0 Å². The molecule has 126 valence electrons. The van der Waals surface area contributed by atoms with E-state index in [1.54, 1.807) is 24.5 Å². The van der Waals surface area contributed by atoms with Gasteiger partial charge in [0.05, 0.1) is 28.3 Å². The Kier molecular flexibility index (Phi) is 3.31. The van der Waals surface area contributed by atoms with Crippen molar-refractivity contribution in [1.29, 1.82) is 0 Å². The van der Waals surface area contributed by atoms with Gasteiger partial charge in [-0.3, -0.25) is 24.4 Å². The molecule has 6 nitrogen and oxygen atoms in total. The fraction of sp³-hybridized carbons (Fsp3) is 0.125. The maximum atomic E-state index is 13.0. The Morgan fingerprint density at radius 1 is 1.12 bits per heavy atom. The number of rotatable bonds is 2. The molecule has 0 unspecified atom stereocenters. The molecule has 0 aliphatic rings. The van der Waals surface area contributed by atoms with Crippen LogP contribution in [-0.4, -0.2) is 30.9 Å². The third-order valence-corrected chi connectivity index (χ3v) is 3.87. The number of alkyl halides is 3. The summed E-state index contributed by atoms with van der Waals surface area (Å²) >= 11 is 0. The monoisotopic (exact) mass is 345 g/mol. The Balaban J connectivity index is 2.07. The molecule has 0 radical (unpaired) electrons. The van der Waals surface area contributed by atoms with Gasteiger partial charge in [-0.1, -0.05) is 0 Å². The normalized spacial score (nSPS) is 12.1. The zero-order valence-corrected chi connectivity index (χ0v) is 12.6. The zero-order chi connectivity index (χ0) is 17.6. The highest BCUT2D eigenvalue weighted by Gasteiger charge is 2.30. The van der Waals surface area contributed by atoms with Gasteiger partial charge in [-0.2, -0.15) is 18.3 Å². The minimum absolute atomic E-state index is 0.0928. The highest BCUT2D eigenvalue weighted by Crippen LogP contribution is 2.27. The minimum Gasteiger partial charge on any atom is -0.298 e. The first-order valence-electron chi connectivity index (χ1n) is 7.27. The first-order valence-corrected chi connectivity index (χ1v) is 7.27. The Morgan fingerprint density at radius 2 is 1.88 bits per heavy atom. The van der Waals surface area contributed by atoms with Gasteiger partial charge in [0, 0.05) is 29.5 Å². The molecule has 0 aliphatic heterocycles. The highest BCUT2D eigenvalue weighted by molar-refractivity contribution is 6.03. The largest absolute Gasteiger partial charge is 0.406 e. The summed E-state index contributed by atoms with van der Waals surface area (Å²) in [5.74, 6) is 0. The molecule has 1 N–H and O–H groups in total. The number of aromatic amines is 1. The molecular formula is C16H10F3N5O. The summed E-state index contributed by atoms with van der Waals surface area (Å²) in [7, 11) is 0. The molecule has 0 amide bonds. The minimum atomic E-state index is -4.53. The van der Waals surface area contributed by atoms with E-state index in [4.69, 9.17) is 0 Å². The first kappa shape index (κ1) is 15.3. The number of fused-ring (bicyclic) bond motifs is 3. The third kappa shape index (κ3) is 2.63. The second kappa shape index (κ2) is 5.40. The molecule has 0 fully saturated rings. The van der Waals surface area contributed by atoms with Crippen molar-refractivity contribution in [2.45, 2.75) is 12.7 Å². The summed E-state index contributed by atoms with van der Waals surface area (Å²) in [5, 5.41) is 6.92. The maximum absolute atomic E-state index is 13.0. The molecule has 0 spiro atoms. The molecule has 0 bridgehead atoms. The molecular weight excluding hydrogens is 335 g/mol. The van der Waals surface area contributed by atoms with Crippen molar-refractivity contribution in [1.82, 2.24) is 24.7 Å². The predicted molar refractivity (Wildman–Crippen MR) is 84.9 cm³/mol. The van der Waals surface area contributed by atoms with Gasteiger partial charge in [-0.15, -0.1) is 0 Å². The van der Waals surface area contributed by atoms with Crippen LogP contribution < -0.4 is 5.56 Å². The van der Waals surface area contributed by atoms with Crippen LogP contribution >= 0.6 is 0 Å². The van der Waals surface area contributed by atoms with Crippen LogP contribution in [0.15, 0.2) is 47.8 Å². The van der Waals surface area contributed by atoms with Crippen LogP contribution in [-0.2, 0) is 6.54 Å². The van der Waals surface area contributed by atoms with E-state index < -0.39 is 18.3 Å². The molecule has 4 aromatic rings. The van der Waals surface area contributed by atoms with Gasteiger partial charge in [0.1, 0.15) is 6.54 Å². The molecule has 9 heteroatoms. The van der Waals surface area contributed by atoms with Crippen molar-refractivity contribution in [2.24, 2.45) is 0 Å². The number of nitrogens with one attached hydrogen (secondary N) is 1. The van der Waals surface area contributed by atoms with Crippen LogP contribution in [0.3, 0.4) is 0 Å². The lowest BCUT2D eigenvalue weighted by Gasteiger charge is -2.14. The van der Waals surface area contributed by atoms with Gasteiger partial charge in [0.15, 0.2) is 0 Å². The van der Waals surface area contributed by atoms with E-state index in [0.717, 1.165) is 0 Å². The Labute approximate surface area is 138 Å². The molecule has 4 aromatic heterocycles. The van der Waals surface area contributed by atoms with E-state index in [2.05, 4.69) is 20.2 Å². The van der Waals surface area contributed by atoms with Crippen LogP contribution in [0.2, 0.25) is 0 Å². The lowest BCUT2D eigenvalue weighted by Crippen LogP contribution is -2.28. The number of aromatic nitrogens is 5. The summed E-state index contributed by atoms with van der Waals surface area (Å²) in [6, 6.07) is 4.85. The van der Waals surface area contributed by atoms with Gasteiger partial charge in [-0.25, -0.2) is 0 Å². The highest BCUT2D eigenvalue weighted by atomic mass is 19.4. The van der Waals surface area contributed by atoms with Crippen molar-refractivity contribution >= 4 is 21.8 Å². The van der Waals surface area contributed by atoms with E-state index in [1.165, 1.54) is 18.5 Å². The van der Waals surface area contributed by atoms with E-state index in [0.29, 0.717) is 26.7 Å². The topological polar surface area (TPSA) is 76.5 Å². The second-order valence-electron chi connectivity index (χ2n) is 5.49. The van der Waals surface area contributed by atoms with Crippen molar-refractivity contribution < 1.29 is 13.2 Å². The van der Waals surface area contributed by atoms with Crippen LogP contribution in [0.5, 0.6) is 0 Å². The van der Waals surface area contributed by atoms with Crippen molar-refractivity contribution in [2.75, 3.05) is 0 Å². The summed E-state index contributed by atoms with van der Waals surface area (Å²) in [5.41, 5.74) is 0.894. The molecule has 0 aromatic carbocycles. The van der Waals surface area contributed by atoms with Crippen LogP contribution in [0.1, 0.15) is 0 Å². The SMILES string of the molecule is O=c1c2cn[nH]c2c2cnc(-c3ccncc3)cc2n1CC(F)(F)F. The quantitative estimate of drug-likeness (QED) is 0.606. The van der Waals surface area contributed by atoms with E-state index in [1.807, 2.05) is 0 Å². The second-order valence-corrected chi connectivity index (χ2v) is 5.49. The summed E-state index contributed by atoms with van der Waals surface area (Å²) in [6.45, 7) is -1.39. The smallest absolute Gasteiger partial charge is 0.298 e. The molecule has 0 atom stereocenters. The Hall–Kier alpha value is -3.23. The van der Waals surface area contributed by atoms with Crippen LogP contribution in [0.25, 0.3) is 33.1 Å². The average molecular weight is 345 g/mol. The predicted octanol–water partition coefficient (Wildman–Crippen LogP) is 2.90. The van der Waals surface area contributed by atoms with Crippen molar-refractivity contribution in [3.63, 3.8) is 0 Å². The number of hydrogen-bond acceptors (Lipinski definition) is 4. The third-order valence-electron chi connectivity index (χ3n) is 3.87. The average Bonchev–Trinajstić information content (AvgIpc) is 3.08. The molecule has 25 heavy (non-hydrogen) atoms. The number of nitrogens with zero attached hydrogens (tertiary/aromatic N) is 4. The van der Waals surface area contributed by atoms with Gasteiger partial charge in [0.25, 0.3) is 5.56 Å². The van der Waals surface area contributed by atoms with Gasteiger partial charge in [-0.05, 0) is 18.2 Å². The van der Waals surface area contributed by atoms with Gasteiger partial charge < -0.3 is 0 Å². The summed E-state index contributed by atoms with van der Waals surface area (Å²) in [4.78, 5) is 20.7. The number of hydrogen-bond donors (Lipinski definition) is 1. The Bertz CT molecular complexity index is 1130. The van der Waals surface area contributed by atoms with E-state index in [-0.39, 0.29) is 10.9 Å². The van der Waals surface area contributed by atoms with Crippen molar-refractivity contribution in [3.8, 4) is 11.3 Å². The number of pyridine rings is 3. The van der Waals surface area contributed by atoms with Gasteiger partial charge in [0.2, 0.25) is 0 Å². The maximum Gasteiger partial charge on any atom is 0.406 e. The summed E-state index contributed by atoms with van der Waals surface area (Å²) < 4.78 is 39.7. The van der Waals surface area contributed by atoms with Crippen LogP contribution in [0.4, 0.5) is 13.2 Å². The molecule has 0 saturated heterocycles. The lowest BCUT2D eigenvalue weighted by molar-refractivity contribution is -0.140.